The third kappa shape index (κ3) is 3.94. The topological polar surface area (TPSA) is 61.6 Å². The lowest BCUT2D eigenvalue weighted by molar-refractivity contribution is -0.132. The zero-order valence-corrected chi connectivity index (χ0v) is 10.5. The molecular weight excluding hydrogens is 216 g/mol. The molecule has 0 aliphatic carbocycles. The number of amides is 1. The fourth-order valence-electron chi connectivity index (χ4n) is 2.50. The predicted molar refractivity (Wildman–Crippen MR) is 67.7 cm³/mol. The van der Waals surface area contributed by atoms with Crippen LogP contribution in [0.3, 0.4) is 0 Å². The fraction of sp³-hybridized carbons (Fsp3) is 0.917. The standard InChI is InChI=1S/C12H24N4O/c13-11-1-7-16(8-2-11)12(17)3-6-15-9-4-14-5-10-15/h11,14H,1-10,13H2. The highest BCUT2D eigenvalue weighted by Gasteiger charge is 2.21. The average molecular weight is 240 g/mol. The van der Waals surface area contributed by atoms with Crippen LogP contribution in [0.2, 0.25) is 0 Å². The van der Waals surface area contributed by atoms with Gasteiger partial charge in [-0.1, -0.05) is 0 Å². The molecule has 0 saturated carbocycles. The second-order valence-corrected chi connectivity index (χ2v) is 5.06. The second kappa shape index (κ2) is 6.33. The monoisotopic (exact) mass is 240 g/mol. The molecule has 2 saturated heterocycles. The van der Waals surface area contributed by atoms with Crippen LogP contribution in [-0.2, 0) is 4.79 Å². The minimum absolute atomic E-state index is 0.298. The van der Waals surface area contributed by atoms with Gasteiger partial charge in [0, 0.05) is 58.3 Å². The van der Waals surface area contributed by atoms with E-state index in [9.17, 15) is 4.79 Å². The maximum absolute atomic E-state index is 12.0. The van der Waals surface area contributed by atoms with Crippen LogP contribution in [0.1, 0.15) is 19.3 Å². The molecule has 2 aliphatic rings. The number of carbonyl (C=O) groups is 1. The SMILES string of the molecule is NC1CCN(C(=O)CCN2CCNCC2)CC1. The van der Waals surface area contributed by atoms with Crippen LogP contribution in [0.25, 0.3) is 0 Å². The Labute approximate surface area is 103 Å². The molecule has 0 radical (unpaired) electrons. The maximum Gasteiger partial charge on any atom is 0.223 e. The zero-order valence-electron chi connectivity index (χ0n) is 10.5. The van der Waals surface area contributed by atoms with Gasteiger partial charge >= 0.3 is 0 Å². The van der Waals surface area contributed by atoms with Crippen molar-refractivity contribution < 1.29 is 4.79 Å². The quantitative estimate of drug-likeness (QED) is 0.680. The van der Waals surface area contributed by atoms with Crippen molar-refractivity contribution in [2.45, 2.75) is 25.3 Å². The molecule has 0 aromatic heterocycles. The lowest BCUT2D eigenvalue weighted by atomic mass is 10.1. The van der Waals surface area contributed by atoms with E-state index in [1.807, 2.05) is 4.90 Å². The van der Waals surface area contributed by atoms with Gasteiger partial charge in [0.05, 0.1) is 0 Å². The Balaban J connectivity index is 1.66. The third-order valence-corrected chi connectivity index (χ3v) is 3.74. The van der Waals surface area contributed by atoms with Crippen LogP contribution < -0.4 is 11.1 Å². The zero-order chi connectivity index (χ0) is 12.1. The van der Waals surface area contributed by atoms with E-state index in [2.05, 4.69) is 10.2 Å². The molecule has 5 nitrogen and oxygen atoms in total. The number of carbonyl (C=O) groups excluding carboxylic acids is 1. The summed E-state index contributed by atoms with van der Waals surface area (Å²) in [6, 6.07) is 0.298. The molecule has 0 atom stereocenters. The summed E-state index contributed by atoms with van der Waals surface area (Å²) in [7, 11) is 0. The first kappa shape index (κ1) is 12.8. The van der Waals surface area contributed by atoms with Gasteiger partial charge in [-0.15, -0.1) is 0 Å². The Kier molecular flexibility index (Phi) is 4.76. The predicted octanol–water partition coefficient (Wildman–Crippen LogP) is -0.769. The summed E-state index contributed by atoms with van der Waals surface area (Å²) in [5.74, 6) is 0.301. The molecular formula is C12H24N4O. The molecule has 0 aromatic carbocycles. The molecule has 5 heteroatoms. The van der Waals surface area contributed by atoms with E-state index in [0.717, 1.165) is 58.7 Å². The molecule has 3 N–H and O–H groups in total. The van der Waals surface area contributed by atoms with Crippen molar-refractivity contribution in [2.75, 3.05) is 45.8 Å². The largest absolute Gasteiger partial charge is 0.343 e. The lowest BCUT2D eigenvalue weighted by Crippen LogP contribution is -2.46. The maximum atomic E-state index is 12.0. The van der Waals surface area contributed by atoms with E-state index < -0.39 is 0 Å². The van der Waals surface area contributed by atoms with Gasteiger partial charge in [0.15, 0.2) is 0 Å². The smallest absolute Gasteiger partial charge is 0.223 e. The molecule has 0 bridgehead atoms. The second-order valence-electron chi connectivity index (χ2n) is 5.06. The first-order valence-corrected chi connectivity index (χ1v) is 6.72. The number of nitrogens with one attached hydrogen (secondary N) is 1. The van der Waals surface area contributed by atoms with E-state index >= 15 is 0 Å². The number of hydrogen-bond donors (Lipinski definition) is 2. The van der Waals surface area contributed by atoms with Crippen molar-refractivity contribution in [3.8, 4) is 0 Å². The molecule has 2 aliphatic heterocycles. The number of piperazine rings is 1. The van der Waals surface area contributed by atoms with Gasteiger partial charge in [-0.2, -0.15) is 0 Å². The lowest BCUT2D eigenvalue weighted by Gasteiger charge is -2.32. The number of piperidine rings is 1. The summed E-state index contributed by atoms with van der Waals surface area (Å²) in [6.45, 7) is 6.84. The van der Waals surface area contributed by atoms with Crippen molar-refractivity contribution in [1.82, 2.24) is 15.1 Å². The van der Waals surface area contributed by atoms with Crippen molar-refractivity contribution >= 4 is 5.91 Å². The molecule has 0 spiro atoms. The summed E-state index contributed by atoms with van der Waals surface area (Å²) < 4.78 is 0. The van der Waals surface area contributed by atoms with Gasteiger partial charge in [-0.05, 0) is 12.8 Å². The highest BCUT2D eigenvalue weighted by atomic mass is 16.2. The van der Waals surface area contributed by atoms with Crippen LogP contribution in [0, 0.1) is 0 Å². The van der Waals surface area contributed by atoms with Gasteiger partial charge in [0.2, 0.25) is 5.91 Å². The van der Waals surface area contributed by atoms with Crippen molar-refractivity contribution in [1.29, 1.82) is 0 Å². The normalized spacial score (nSPS) is 23.9. The van der Waals surface area contributed by atoms with Crippen molar-refractivity contribution in [2.24, 2.45) is 5.73 Å². The van der Waals surface area contributed by atoms with E-state index in [4.69, 9.17) is 5.73 Å². The van der Waals surface area contributed by atoms with Gasteiger partial charge < -0.3 is 20.9 Å². The first-order valence-electron chi connectivity index (χ1n) is 6.72. The Morgan fingerprint density at radius 3 is 2.47 bits per heavy atom. The Morgan fingerprint density at radius 1 is 1.18 bits per heavy atom. The van der Waals surface area contributed by atoms with E-state index in [0.29, 0.717) is 18.4 Å². The first-order chi connectivity index (χ1) is 8.25. The van der Waals surface area contributed by atoms with Crippen LogP contribution in [0.5, 0.6) is 0 Å². The summed E-state index contributed by atoms with van der Waals surface area (Å²) >= 11 is 0. The molecule has 1 amide bonds. The summed E-state index contributed by atoms with van der Waals surface area (Å²) in [6.07, 6.45) is 2.58. The summed E-state index contributed by atoms with van der Waals surface area (Å²) in [5, 5.41) is 3.32. The molecule has 0 aromatic rings. The number of hydrogen-bond acceptors (Lipinski definition) is 4. The molecule has 2 fully saturated rings. The van der Waals surface area contributed by atoms with E-state index in [-0.39, 0.29) is 0 Å². The van der Waals surface area contributed by atoms with Crippen LogP contribution in [-0.4, -0.2) is 67.6 Å². The van der Waals surface area contributed by atoms with Crippen LogP contribution in [0.4, 0.5) is 0 Å². The van der Waals surface area contributed by atoms with Crippen LogP contribution >= 0.6 is 0 Å². The molecule has 0 unspecified atom stereocenters. The minimum atomic E-state index is 0.298. The van der Waals surface area contributed by atoms with Crippen LogP contribution in [0.15, 0.2) is 0 Å². The minimum Gasteiger partial charge on any atom is -0.343 e. The fourth-order valence-corrected chi connectivity index (χ4v) is 2.50. The Hall–Kier alpha value is -0.650. The summed E-state index contributed by atoms with van der Waals surface area (Å²) in [4.78, 5) is 16.3. The molecule has 2 heterocycles. The number of likely N-dealkylation sites (tertiary alicyclic amines) is 1. The molecule has 17 heavy (non-hydrogen) atoms. The highest BCUT2D eigenvalue weighted by Crippen LogP contribution is 2.09. The Bertz CT molecular complexity index is 245. The number of nitrogens with two attached hydrogens (primary N) is 1. The number of nitrogens with zero attached hydrogens (tertiary/aromatic N) is 2. The van der Waals surface area contributed by atoms with Gasteiger partial charge in [0.25, 0.3) is 0 Å². The molecule has 98 valence electrons. The average Bonchev–Trinajstić information content (AvgIpc) is 2.38. The third-order valence-electron chi connectivity index (χ3n) is 3.74. The van der Waals surface area contributed by atoms with E-state index in [1.54, 1.807) is 0 Å². The number of rotatable bonds is 3. The van der Waals surface area contributed by atoms with Gasteiger partial charge in [0.1, 0.15) is 0 Å². The highest BCUT2D eigenvalue weighted by molar-refractivity contribution is 5.76. The van der Waals surface area contributed by atoms with Gasteiger partial charge in [-0.3, -0.25) is 4.79 Å². The summed E-state index contributed by atoms with van der Waals surface area (Å²) in [5.41, 5.74) is 5.83. The molecule has 2 rings (SSSR count). The van der Waals surface area contributed by atoms with Crippen molar-refractivity contribution in [3.63, 3.8) is 0 Å². The van der Waals surface area contributed by atoms with Gasteiger partial charge in [-0.25, -0.2) is 0 Å². The van der Waals surface area contributed by atoms with E-state index in [1.165, 1.54) is 0 Å². The Morgan fingerprint density at radius 2 is 1.82 bits per heavy atom. The van der Waals surface area contributed by atoms with Crippen molar-refractivity contribution in [3.05, 3.63) is 0 Å².